The predicted octanol–water partition coefficient (Wildman–Crippen LogP) is 3.12. The van der Waals surface area contributed by atoms with E-state index in [2.05, 4.69) is 0 Å². The molecule has 2 heterocycles. The molecule has 25 heavy (non-hydrogen) atoms. The molecule has 0 radical (unpaired) electrons. The van der Waals surface area contributed by atoms with E-state index in [1.54, 1.807) is 42.5 Å². The van der Waals surface area contributed by atoms with Gasteiger partial charge in [-0.05, 0) is 35.9 Å². The van der Waals surface area contributed by atoms with Crippen LogP contribution in [0.4, 0.5) is 0 Å². The molecular formula is C19H12O6. The van der Waals surface area contributed by atoms with Crippen LogP contribution < -0.4 is 15.1 Å². The number of rotatable bonds is 3. The Morgan fingerprint density at radius 1 is 1.08 bits per heavy atom. The molecule has 1 aliphatic rings. The van der Waals surface area contributed by atoms with Crippen LogP contribution in [0.5, 0.6) is 17.2 Å². The van der Waals surface area contributed by atoms with Crippen molar-refractivity contribution in [1.82, 2.24) is 0 Å². The van der Waals surface area contributed by atoms with E-state index < -0.39 is 17.0 Å². The Bertz CT molecular complexity index is 1080. The molecule has 1 aromatic heterocycles. The fourth-order valence-corrected chi connectivity index (χ4v) is 2.62. The van der Waals surface area contributed by atoms with Gasteiger partial charge in [-0.15, -0.1) is 0 Å². The first-order valence-corrected chi connectivity index (χ1v) is 7.50. The second-order valence-electron chi connectivity index (χ2n) is 5.42. The van der Waals surface area contributed by atoms with Crippen molar-refractivity contribution < 1.29 is 23.8 Å². The highest BCUT2D eigenvalue weighted by atomic mass is 16.7. The van der Waals surface area contributed by atoms with Crippen LogP contribution in [0.2, 0.25) is 0 Å². The third-order valence-electron chi connectivity index (χ3n) is 3.86. The number of allylic oxidation sites excluding steroid dienone is 1. The van der Waals surface area contributed by atoms with E-state index in [4.69, 9.17) is 13.9 Å². The second kappa shape index (κ2) is 5.83. The smallest absolute Gasteiger partial charge is 0.351 e. The molecule has 124 valence electrons. The molecule has 6 heteroatoms. The topological polar surface area (TPSA) is 86.0 Å². The van der Waals surface area contributed by atoms with E-state index in [0.717, 1.165) is 0 Å². The molecule has 0 fully saturated rings. The van der Waals surface area contributed by atoms with Crippen molar-refractivity contribution in [1.29, 1.82) is 0 Å². The molecule has 0 amide bonds. The van der Waals surface area contributed by atoms with Crippen molar-refractivity contribution in [2.24, 2.45) is 0 Å². The summed E-state index contributed by atoms with van der Waals surface area (Å²) >= 11 is 0. The number of fused-ring (bicyclic) bond motifs is 2. The van der Waals surface area contributed by atoms with Gasteiger partial charge in [-0.3, -0.25) is 4.79 Å². The number of para-hydroxylation sites is 1. The zero-order valence-electron chi connectivity index (χ0n) is 12.9. The Labute approximate surface area is 141 Å². The summed E-state index contributed by atoms with van der Waals surface area (Å²) in [7, 11) is 0. The molecule has 2 aromatic carbocycles. The van der Waals surface area contributed by atoms with Gasteiger partial charge < -0.3 is 19.0 Å². The zero-order valence-corrected chi connectivity index (χ0v) is 12.9. The average Bonchev–Trinajstić information content (AvgIpc) is 3.07. The first-order valence-electron chi connectivity index (χ1n) is 7.50. The van der Waals surface area contributed by atoms with E-state index in [-0.39, 0.29) is 18.1 Å². The van der Waals surface area contributed by atoms with E-state index in [1.807, 2.05) is 0 Å². The number of carbonyl (C=O) groups is 1. The molecule has 0 unspecified atom stereocenters. The maximum atomic E-state index is 12.4. The van der Waals surface area contributed by atoms with E-state index in [9.17, 15) is 14.7 Å². The van der Waals surface area contributed by atoms with Gasteiger partial charge in [0.1, 0.15) is 16.9 Å². The molecule has 3 aromatic rings. The summed E-state index contributed by atoms with van der Waals surface area (Å²) in [6.45, 7) is 0.160. The Balaban J connectivity index is 1.69. The molecule has 0 spiro atoms. The van der Waals surface area contributed by atoms with Crippen LogP contribution in [-0.2, 0) is 0 Å². The van der Waals surface area contributed by atoms with Crippen LogP contribution in [0.15, 0.2) is 57.8 Å². The van der Waals surface area contributed by atoms with Gasteiger partial charge in [-0.25, -0.2) is 4.79 Å². The highest BCUT2D eigenvalue weighted by molar-refractivity contribution is 6.10. The summed E-state index contributed by atoms with van der Waals surface area (Å²) in [6, 6.07) is 11.7. The molecule has 6 nitrogen and oxygen atoms in total. The first kappa shape index (κ1) is 15.0. The van der Waals surface area contributed by atoms with Gasteiger partial charge >= 0.3 is 5.63 Å². The number of carbonyl (C=O) groups excluding carboxylic acids is 1. The zero-order chi connectivity index (χ0) is 17.4. The monoisotopic (exact) mass is 336 g/mol. The third kappa shape index (κ3) is 2.63. The van der Waals surface area contributed by atoms with Crippen molar-refractivity contribution in [2.45, 2.75) is 0 Å². The number of ether oxygens (including phenoxy) is 2. The quantitative estimate of drug-likeness (QED) is 0.449. The maximum Gasteiger partial charge on any atom is 0.351 e. The fourth-order valence-electron chi connectivity index (χ4n) is 2.62. The van der Waals surface area contributed by atoms with Crippen molar-refractivity contribution in [3.63, 3.8) is 0 Å². The van der Waals surface area contributed by atoms with Crippen LogP contribution in [0.1, 0.15) is 15.9 Å². The first-order chi connectivity index (χ1) is 12.1. The summed E-state index contributed by atoms with van der Waals surface area (Å²) < 4.78 is 15.6. The number of ketones is 1. The standard InChI is InChI=1S/C19H12O6/c20-13(7-5-11-6-8-15-16(9-11)24-10-23-15)17-18(21)12-3-1-2-4-14(12)25-19(17)22/h1-9,21H,10H2. The fraction of sp³-hybridized carbons (Fsp3) is 0.0526. The lowest BCUT2D eigenvalue weighted by atomic mass is 10.1. The van der Waals surface area contributed by atoms with Crippen LogP contribution in [-0.4, -0.2) is 17.7 Å². The SMILES string of the molecule is O=C(C=Cc1ccc2c(c1)OCO2)c1c(O)c2ccccc2oc1=O. The van der Waals surface area contributed by atoms with Crippen LogP contribution in [0.25, 0.3) is 17.0 Å². The van der Waals surface area contributed by atoms with E-state index >= 15 is 0 Å². The van der Waals surface area contributed by atoms with Crippen molar-refractivity contribution in [3.8, 4) is 17.2 Å². The maximum absolute atomic E-state index is 12.4. The molecule has 0 atom stereocenters. The lowest BCUT2D eigenvalue weighted by Gasteiger charge is -2.03. The molecule has 0 saturated heterocycles. The minimum atomic E-state index is -0.878. The van der Waals surface area contributed by atoms with Crippen molar-refractivity contribution in [3.05, 3.63) is 70.1 Å². The van der Waals surface area contributed by atoms with Gasteiger partial charge in [-0.2, -0.15) is 0 Å². The van der Waals surface area contributed by atoms with Gasteiger partial charge in [0, 0.05) is 0 Å². The Hall–Kier alpha value is -3.54. The van der Waals surface area contributed by atoms with Crippen molar-refractivity contribution >= 4 is 22.8 Å². The van der Waals surface area contributed by atoms with Crippen LogP contribution in [0.3, 0.4) is 0 Å². The van der Waals surface area contributed by atoms with Gasteiger partial charge in [0.15, 0.2) is 17.3 Å². The lowest BCUT2D eigenvalue weighted by Crippen LogP contribution is -2.12. The summed E-state index contributed by atoms with van der Waals surface area (Å²) in [6.07, 6.45) is 2.73. The van der Waals surface area contributed by atoms with Crippen LogP contribution in [0, 0.1) is 0 Å². The van der Waals surface area contributed by atoms with Gasteiger partial charge in [-0.1, -0.05) is 24.3 Å². The number of benzene rings is 2. The summed E-state index contributed by atoms with van der Waals surface area (Å²) in [5, 5.41) is 10.6. The molecule has 0 aliphatic carbocycles. The largest absolute Gasteiger partial charge is 0.506 e. The third-order valence-corrected chi connectivity index (χ3v) is 3.86. The lowest BCUT2D eigenvalue weighted by molar-refractivity contribution is 0.104. The number of hydrogen-bond donors (Lipinski definition) is 1. The van der Waals surface area contributed by atoms with E-state index in [0.29, 0.717) is 22.4 Å². The number of hydrogen-bond acceptors (Lipinski definition) is 6. The normalized spacial score (nSPS) is 12.8. The minimum Gasteiger partial charge on any atom is -0.506 e. The van der Waals surface area contributed by atoms with Crippen molar-refractivity contribution in [2.75, 3.05) is 6.79 Å². The average molecular weight is 336 g/mol. The Morgan fingerprint density at radius 3 is 2.76 bits per heavy atom. The summed E-state index contributed by atoms with van der Waals surface area (Å²) in [5.74, 6) is 0.195. The Kier molecular flexibility index (Phi) is 3.50. The van der Waals surface area contributed by atoms with Crippen LogP contribution >= 0.6 is 0 Å². The predicted molar refractivity (Wildman–Crippen MR) is 90.1 cm³/mol. The molecule has 1 aliphatic heterocycles. The molecular weight excluding hydrogens is 324 g/mol. The molecule has 0 bridgehead atoms. The summed E-state index contributed by atoms with van der Waals surface area (Å²) in [5.41, 5.74) is -0.351. The number of aromatic hydroxyl groups is 1. The molecule has 0 saturated carbocycles. The summed E-state index contributed by atoms with van der Waals surface area (Å²) in [4.78, 5) is 24.4. The second-order valence-corrected chi connectivity index (χ2v) is 5.42. The van der Waals surface area contributed by atoms with Gasteiger partial charge in [0.25, 0.3) is 0 Å². The Morgan fingerprint density at radius 2 is 1.88 bits per heavy atom. The minimum absolute atomic E-state index is 0.160. The molecule has 4 rings (SSSR count). The van der Waals surface area contributed by atoms with Gasteiger partial charge in [0.05, 0.1) is 5.39 Å². The highest BCUT2D eigenvalue weighted by Gasteiger charge is 2.19. The van der Waals surface area contributed by atoms with Gasteiger partial charge in [0.2, 0.25) is 6.79 Å². The highest BCUT2D eigenvalue weighted by Crippen LogP contribution is 2.33. The molecule has 1 N–H and O–H groups in total. The van der Waals surface area contributed by atoms with E-state index in [1.165, 1.54) is 12.2 Å².